The van der Waals surface area contributed by atoms with Gasteiger partial charge in [-0.2, -0.15) is 0 Å². The molecule has 18 heavy (non-hydrogen) atoms. The highest BCUT2D eigenvalue weighted by Gasteiger charge is 2.12. The first-order chi connectivity index (χ1) is 8.70. The lowest BCUT2D eigenvalue weighted by Crippen LogP contribution is -2.18. The highest BCUT2D eigenvalue weighted by molar-refractivity contribution is 9.10. The minimum atomic E-state index is 0.421. The van der Waals surface area contributed by atoms with Crippen LogP contribution in [-0.2, 0) is 0 Å². The number of rotatable bonds is 5. The molecule has 0 aliphatic carbocycles. The summed E-state index contributed by atoms with van der Waals surface area (Å²) >= 11 is 7.17. The van der Waals surface area contributed by atoms with Crippen LogP contribution in [0, 0.1) is 6.92 Å². The SMILES string of the molecule is CNC(CSc1ccc(Br)cc1)c1ccsc1C. The van der Waals surface area contributed by atoms with E-state index in [1.54, 1.807) is 0 Å². The summed E-state index contributed by atoms with van der Waals surface area (Å²) in [7, 11) is 2.03. The van der Waals surface area contributed by atoms with Crippen LogP contribution < -0.4 is 5.32 Å². The first kappa shape index (κ1) is 14.1. The van der Waals surface area contributed by atoms with Crippen molar-refractivity contribution >= 4 is 39.0 Å². The Morgan fingerprint density at radius 3 is 2.56 bits per heavy atom. The molecule has 1 aromatic carbocycles. The second kappa shape index (κ2) is 6.75. The fourth-order valence-electron chi connectivity index (χ4n) is 1.80. The van der Waals surface area contributed by atoms with Gasteiger partial charge in [0.2, 0.25) is 0 Å². The summed E-state index contributed by atoms with van der Waals surface area (Å²) in [5.41, 5.74) is 1.42. The minimum Gasteiger partial charge on any atom is -0.312 e. The molecule has 0 saturated carbocycles. The average Bonchev–Trinajstić information content (AvgIpc) is 2.79. The second-order valence-corrected chi connectivity index (χ2v) is 7.17. The fraction of sp³-hybridized carbons (Fsp3) is 0.286. The van der Waals surface area contributed by atoms with Gasteiger partial charge >= 0.3 is 0 Å². The number of benzene rings is 1. The van der Waals surface area contributed by atoms with Crippen LogP contribution >= 0.6 is 39.0 Å². The Balaban J connectivity index is 2.00. The van der Waals surface area contributed by atoms with Crippen LogP contribution in [0.15, 0.2) is 45.1 Å². The zero-order chi connectivity index (χ0) is 13.0. The molecule has 0 saturated heterocycles. The summed E-state index contributed by atoms with van der Waals surface area (Å²) in [5, 5.41) is 5.57. The van der Waals surface area contributed by atoms with Crippen molar-refractivity contribution in [3.63, 3.8) is 0 Å². The quantitative estimate of drug-likeness (QED) is 0.778. The molecule has 0 spiro atoms. The number of hydrogen-bond acceptors (Lipinski definition) is 3. The van der Waals surface area contributed by atoms with Gasteiger partial charge in [-0.3, -0.25) is 0 Å². The Labute approximate surface area is 125 Å². The fourth-order valence-corrected chi connectivity index (χ4v) is 3.86. The molecule has 1 atom stereocenters. The predicted molar refractivity (Wildman–Crippen MR) is 85.7 cm³/mol. The summed E-state index contributed by atoms with van der Waals surface area (Å²) < 4.78 is 1.13. The third-order valence-electron chi connectivity index (χ3n) is 2.85. The lowest BCUT2D eigenvalue weighted by Gasteiger charge is -2.16. The molecule has 0 amide bonds. The minimum absolute atomic E-state index is 0.421. The van der Waals surface area contributed by atoms with E-state index in [4.69, 9.17) is 0 Å². The van der Waals surface area contributed by atoms with Crippen molar-refractivity contribution in [2.45, 2.75) is 17.9 Å². The van der Waals surface area contributed by atoms with Crippen molar-refractivity contribution in [2.24, 2.45) is 0 Å². The van der Waals surface area contributed by atoms with E-state index >= 15 is 0 Å². The molecule has 0 bridgehead atoms. The molecule has 1 N–H and O–H groups in total. The van der Waals surface area contributed by atoms with Gasteiger partial charge in [-0.05, 0) is 55.2 Å². The highest BCUT2D eigenvalue weighted by Crippen LogP contribution is 2.29. The molecular formula is C14H16BrNS2. The van der Waals surface area contributed by atoms with Crippen molar-refractivity contribution in [1.29, 1.82) is 0 Å². The van der Waals surface area contributed by atoms with E-state index in [2.05, 4.69) is 63.9 Å². The zero-order valence-electron chi connectivity index (χ0n) is 10.4. The van der Waals surface area contributed by atoms with Gasteiger partial charge < -0.3 is 5.32 Å². The molecule has 1 unspecified atom stereocenters. The number of aryl methyl sites for hydroxylation is 1. The van der Waals surface area contributed by atoms with Gasteiger partial charge in [-0.15, -0.1) is 23.1 Å². The molecule has 0 radical (unpaired) electrons. The average molecular weight is 342 g/mol. The topological polar surface area (TPSA) is 12.0 Å². The normalized spacial score (nSPS) is 12.6. The molecule has 1 heterocycles. The van der Waals surface area contributed by atoms with Gasteiger partial charge in [0.1, 0.15) is 0 Å². The van der Waals surface area contributed by atoms with Gasteiger partial charge in [-0.1, -0.05) is 15.9 Å². The van der Waals surface area contributed by atoms with Crippen LogP contribution in [0.25, 0.3) is 0 Å². The Morgan fingerprint density at radius 1 is 1.28 bits per heavy atom. The van der Waals surface area contributed by atoms with Gasteiger partial charge in [0.25, 0.3) is 0 Å². The van der Waals surface area contributed by atoms with Crippen LogP contribution in [0.4, 0.5) is 0 Å². The molecule has 2 aromatic rings. The standard InChI is InChI=1S/C14H16BrNS2/c1-10-13(7-8-17-10)14(16-2)9-18-12-5-3-11(15)4-6-12/h3-8,14,16H,9H2,1-2H3. The number of halogens is 1. The molecule has 1 nitrogen and oxygen atoms in total. The molecule has 0 fully saturated rings. The number of thioether (sulfide) groups is 1. The Hall–Kier alpha value is -0.290. The van der Waals surface area contributed by atoms with E-state index in [9.17, 15) is 0 Å². The van der Waals surface area contributed by atoms with Crippen molar-refractivity contribution < 1.29 is 0 Å². The van der Waals surface area contributed by atoms with E-state index in [1.165, 1.54) is 15.3 Å². The summed E-state index contributed by atoms with van der Waals surface area (Å²) in [6, 6.07) is 11.1. The van der Waals surface area contributed by atoms with Gasteiger partial charge in [0.05, 0.1) is 0 Å². The molecule has 96 valence electrons. The molecule has 0 aliphatic heterocycles. The van der Waals surface area contributed by atoms with E-state index in [0.29, 0.717) is 6.04 Å². The third-order valence-corrected chi connectivity index (χ3v) is 5.35. The first-order valence-electron chi connectivity index (χ1n) is 5.80. The largest absolute Gasteiger partial charge is 0.312 e. The molecule has 0 aliphatic rings. The van der Waals surface area contributed by atoms with E-state index in [1.807, 2.05) is 30.1 Å². The Bertz CT molecular complexity index is 493. The lowest BCUT2D eigenvalue weighted by atomic mass is 10.1. The van der Waals surface area contributed by atoms with Crippen molar-refractivity contribution in [3.8, 4) is 0 Å². The van der Waals surface area contributed by atoms with E-state index < -0.39 is 0 Å². The molecule has 1 aromatic heterocycles. The maximum Gasteiger partial charge on any atom is 0.0423 e. The Morgan fingerprint density at radius 2 is 2.00 bits per heavy atom. The van der Waals surface area contributed by atoms with Crippen LogP contribution in [-0.4, -0.2) is 12.8 Å². The van der Waals surface area contributed by atoms with Crippen LogP contribution in [0.3, 0.4) is 0 Å². The highest BCUT2D eigenvalue weighted by atomic mass is 79.9. The van der Waals surface area contributed by atoms with E-state index in [-0.39, 0.29) is 0 Å². The van der Waals surface area contributed by atoms with Crippen LogP contribution in [0.1, 0.15) is 16.5 Å². The molecular weight excluding hydrogens is 326 g/mol. The van der Waals surface area contributed by atoms with Gasteiger partial charge in [0, 0.05) is 26.0 Å². The predicted octanol–water partition coefficient (Wildman–Crippen LogP) is 4.87. The smallest absolute Gasteiger partial charge is 0.0423 e. The second-order valence-electron chi connectivity index (χ2n) is 4.04. The number of thiophene rings is 1. The van der Waals surface area contributed by atoms with Gasteiger partial charge in [0.15, 0.2) is 0 Å². The van der Waals surface area contributed by atoms with Crippen molar-refractivity contribution in [3.05, 3.63) is 50.6 Å². The number of hydrogen-bond donors (Lipinski definition) is 1. The van der Waals surface area contributed by atoms with Crippen molar-refractivity contribution in [1.82, 2.24) is 5.32 Å². The first-order valence-corrected chi connectivity index (χ1v) is 8.46. The lowest BCUT2D eigenvalue weighted by molar-refractivity contribution is 0.661. The zero-order valence-corrected chi connectivity index (χ0v) is 13.7. The number of nitrogens with one attached hydrogen (secondary N) is 1. The monoisotopic (exact) mass is 341 g/mol. The maximum atomic E-state index is 3.46. The summed E-state index contributed by atoms with van der Waals surface area (Å²) in [6.07, 6.45) is 0. The molecule has 4 heteroatoms. The maximum absolute atomic E-state index is 3.46. The van der Waals surface area contributed by atoms with Crippen molar-refractivity contribution in [2.75, 3.05) is 12.8 Å². The van der Waals surface area contributed by atoms with Gasteiger partial charge in [-0.25, -0.2) is 0 Å². The third kappa shape index (κ3) is 3.60. The Kier molecular flexibility index (Phi) is 5.30. The van der Waals surface area contributed by atoms with Crippen LogP contribution in [0.5, 0.6) is 0 Å². The summed E-state index contributed by atoms with van der Waals surface area (Å²) in [4.78, 5) is 2.72. The summed E-state index contributed by atoms with van der Waals surface area (Å²) in [6.45, 7) is 2.19. The van der Waals surface area contributed by atoms with E-state index in [0.717, 1.165) is 10.2 Å². The molecule has 2 rings (SSSR count). The van der Waals surface area contributed by atoms with Crippen LogP contribution in [0.2, 0.25) is 0 Å². The summed E-state index contributed by atoms with van der Waals surface area (Å²) in [5.74, 6) is 1.05.